The molecule has 0 bridgehead atoms. The van der Waals surface area contributed by atoms with Crippen LogP contribution >= 0.6 is 0 Å². The van der Waals surface area contributed by atoms with Gasteiger partial charge >= 0.3 is 0 Å². The van der Waals surface area contributed by atoms with Crippen molar-refractivity contribution in [3.8, 4) is 11.3 Å². The number of pyridine rings is 1. The Balaban J connectivity index is 2.49. The Kier molecular flexibility index (Phi) is 3.30. The average molecular weight is 229 g/mol. The van der Waals surface area contributed by atoms with Gasteiger partial charge in [0.2, 0.25) is 0 Å². The molecule has 5 nitrogen and oxygen atoms in total. The van der Waals surface area contributed by atoms with E-state index in [1.54, 1.807) is 12.4 Å². The van der Waals surface area contributed by atoms with Gasteiger partial charge in [-0.2, -0.15) is 0 Å². The zero-order valence-electron chi connectivity index (χ0n) is 9.80. The van der Waals surface area contributed by atoms with Gasteiger partial charge in [0, 0.05) is 24.5 Å². The number of nitrogens with two attached hydrogens (primary N) is 1. The van der Waals surface area contributed by atoms with Gasteiger partial charge in [-0.3, -0.25) is 4.98 Å². The van der Waals surface area contributed by atoms with Crippen molar-refractivity contribution in [2.24, 2.45) is 5.73 Å². The van der Waals surface area contributed by atoms with Gasteiger partial charge in [-0.1, -0.05) is 17.4 Å². The molecule has 0 spiro atoms. The van der Waals surface area contributed by atoms with Gasteiger partial charge in [0.05, 0.1) is 12.2 Å². The van der Waals surface area contributed by atoms with E-state index in [0.717, 1.165) is 22.5 Å². The molecule has 0 saturated carbocycles. The fraction of sp³-hybridized carbons (Fsp3) is 0.250. The van der Waals surface area contributed by atoms with Gasteiger partial charge in [0.15, 0.2) is 0 Å². The van der Waals surface area contributed by atoms with E-state index in [0.29, 0.717) is 13.1 Å². The molecule has 0 unspecified atom stereocenters. The van der Waals surface area contributed by atoms with Crippen LogP contribution < -0.4 is 5.73 Å². The quantitative estimate of drug-likeness (QED) is 0.804. The summed E-state index contributed by atoms with van der Waals surface area (Å²) in [6.45, 7) is 6.84. The summed E-state index contributed by atoms with van der Waals surface area (Å²) < 4.78 is 1.81. The number of aromatic nitrogens is 4. The summed E-state index contributed by atoms with van der Waals surface area (Å²) in [7, 11) is 0. The molecule has 0 radical (unpaired) electrons. The van der Waals surface area contributed by atoms with Crippen molar-refractivity contribution in [2.45, 2.75) is 20.0 Å². The van der Waals surface area contributed by atoms with E-state index in [-0.39, 0.29) is 0 Å². The van der Waals surface area contributed by atoms with Crippen LogP contribution in [0.25, 0.3) is 11.3 Å². The predicted molar refractivity (Wildman–Crippen MR) is 66.0 cm³/mol. The van der Waals surface area contributed by atoms with Gasteiger partial charge in [-0.15, -0.1) is 5.10 Å². The molecule has 0 saturated heterocycles. The van der Waals surface area contributed by atoms with Gasteiger partial charge in [0.1, 0.15) is 5.69 Å². The zero-order chi connectivity index (χ0) is 12.3. The average Bonchev–Trinajstić information content (AvgIpc) is 2.72. The van der Waals surface area contributed by atoms with Crippen molar-refractivity contribution in [2.75, 3.05) is 0 Å². The lowest BCUT2D eigenvalue weighted by Gasteiger charge is -2.07. The van der Waals surface area contributed by atoms with E-state index in [9.17, 15) is 0 Å². The molecule has 2 rings (SSSR count). The summed E-state index contributed by atoms with van der Waals surface area (Å²) in [6.07, 6.45) is 3.52. The zero-order valence-corrected chi connectivity index (χ0v) is 9.80. The Bertz CT molecular complexity index is 515. The largest absolute Gasteiger partial charge is 0.325 e. The molecule has 2 N–H and O–H groups in total. The molecule has 0 amide bonds. The number of allylic oxidation sites excluding steroid dienone is 1. The monoisotopic (exact) mass is 229 g/mol. The van der Waals surface area contributed by atoms with E-state index in [2.05, 4.69) is 21.9 Å². The maximum Gasteiger partial charge on any atom is 0.104 e. The van der Waals surface area contributed by atoms with E-state index in [1.807, 2.05) is 23.7 Å². The van der Waals surface area contributed by atoms with Gasteiger partial charge in [-0.25, -0.2) is 4.68 Å². The van der Waals surface area contributed by atoms with E-state index in [1.165, 1.54) is 0 Å². The molecule has 0 aliphatic carbocycles. The first-order valence-corrected chi connectivity index (χ1v) is 5.39. The minimum absolute atomic E-state index is 0.362. The second-order valence-corrected chi connectivity index (χ2v) is 3.95. The SMILES string of the molecule is C=C(C)Cn1nnc(CN)c1-c1cccnc1. The third kappa shape index (κ3) is 2.39. The van der Waals surface area contributed by atoms with Gasteiger partial charge < -0.3 is 5.73 Å². The van der Waals surface area contributed by atoms with Crippen LogP contribution in [0.4, 0.5) is 0 Å². The highest BCUT2D eigenvalue weighted by molar-refractivity contribution is 5.60. The van der Waals surface area contributed by atoms with Crippen molar-refractivity contribution in [1.29, 1.82) is 0 Å². The maximum absolute atomic E-state index is 5.67. The molecule has 2 heterocycles. The van der Waals surface area contributed by atoms with Crippen molar-refractivity contribution < 1.29 is 0 Å². The minimum Gasteiger partial charge on any atom is -0.325 e. The van der Waals surface area contributed by atoms with Crippen molar-refractivity contribution >= 4 is 0 Å². The molecule has 17 heavy (non-hydrogen) atoms. The lowest BCUT2D eigenvalue weighted by atomic mass is 10.1. The highest BCUT2D eigenvalue weighted by Gasteiger charge is 2.13. The molecule has 0 aliphatic heterocycles. The lowest BCUT2D eigenvalue weighted by Crippen LogP contribution is -2.05. The second kappa shape index (κ2) is 4.88. The Morgan fingerprint density at radius 3 is 2.94 bits per heavy atom. The van der Waals surface area contributed by atoms with Crippen LogP contribution in [-0.2, 0) is 13.1 Å². The Hall–Kier alpha value is -2.01. The smallest absolute Gasteiger partial charge is 0.104 e. The minimum atomic E-state index is 0.362. The fourth-order valence-corrected chi connectivity index (χ4v) is 1.67. The summed E-state index contributed by atoms with van der Waals surface area (Å²) in [4.78, 5) is 4.10. The molecular formula is C12H15N5. The van der Waals surface area contributed by atoms with Crippen LogP contribution in [0.15, 0.2) is 36.7 Å². The third-order valence-corrected chi connectivity index (χ3v) is 2.35. The highest BCUT2D eigenvalue weighted by Crippen LogP contribution is 2.21. The maximum atomic E-state index is 5.67. The lowest BCUT2D eigenvalue weighted by molar-refractivity contribution is 0.648. The summed E-state index contributed by atoms with van der Waals surface area (Å²) in [5.74, 6) is 0. The first-order chi connectivity index (χ1) is 8.22. The second-order valence-electron chi connectivity index (χ2n) is 3.95. The molecule has 2 aromatic rings. The van der Waals surface area contributed by atoms with Crippen LogP contribution in [0.3, 0.4) is 0 Å². The fourth-order valence-electron chi connectivity index (χ4n) is 1.67. The van der Waals surface area contributed by atoms with Crippen LogP contribution in [-0.4, -0.2) is 20.0 Å². The van der Waals surface area contributed by atoms with Crippen molar-refractivity contribution in [3.05, 3.63) is 42.4 Å². The molecule has 88 valence electrons. The molecule has 2 aromatic heterocycles. The number of hydrogen-bond donors (Lipinski definition) is 1. The first-order valence-electron chi connectivity index (χ1n) is 5.39. The van der Waals surface area contributed by atoms with Crippen LogP contribution in [0.5, 0.6) is 0 Å². The van der Waals surface area contributed by atoms with E-state index >= 15 is 0 Å². The molecule has 0 aliphatic rings. The Labute approximate surface area is 100.0 Å². The number of hydrogen-bond acceptors (Lipinski definition) is 4. The molecule has 0 aromatic carbocycles. The van der Waals surface area contributed by atoms with E-state index < -0.39 is 0 Å². The van der Waals surface area contributed by atoms with E-state index in [4.69, 9.17) is 5.73 Å². The van der Waals surface area contributed by atoms with Crippen LogP contribution in [0.1, 0.15) is 12.6 Å². The Morgan fingerprint density at radius 2 is 2.35 bits per heavy atom. The standard InChI is InChI=1S/C12H15N5/c1-9(2)8-17-12(11(6-13)15-16-17)10-4-3-5-14-7-10/h3-5,7H,1,6,8,13H2,2H3. The summed E-state index contributed by atoms with van der Waals surface area (Å²) in [5.41, 5.74) is 9.36. The normalized spacial score (nSPS) is 10.5. The van der Waals surface area contributed by atoms with Crippen molar-refractivity contribution in [3.63, 3.8) is 0 Å². The van der Waals surface area contributed by atoms with Gasteiger partial charge in [-0.05, 0) is 19.1 Å². The first kappa shape index (κ1) is 11.5. The topological polar surface area (TPSA) is 69.6 Å². The third-order valence-electron chi connectivity index (χ3n) is 2.35. The number of nitrogens with zero attached hydrogens (tertiary/aromatic N) is 4. The Morgan fingerprint density at radius 1 is 1.53 bits per heavy atom. The molecule has 0 fully saturated rings. The summed E-state index contributed by atoms with van der Waals surface area (Å²) in [6, 6.07) is 3.85. The number of rotatable bonds is 4. The molecular weight excluding hydrogens is 214 g/mol. The predicted octanol–water partition coefficient (Wildman–Crippen LogP) is 1.37. The molecule has 5 heteroatoms. The highest BCUT2D eigenvalue weighted by atomic mass is 15.4. The van der Waals surface area contributed by atoms with Crippen molar-refractivity contribution in [1.82, 2.24) is 20.0 Å². The van der Waals surface area contributed by atoms with Gasteiger partial charge in [0.25, 0.3) is 0 Å². The van der Waals surface area contributed by atoms with Crippen LogP contribution in [0, 0.1) is 0 Å². The van der Waals surface area contributed by atoms with Crippen LogP contribution in [0.2, 0.25) is 0 Å². The summed E-state index contributed by atoms with van der Waals surface area (Å²) in [5, 5.41) is 8.18. The summed E-state index contributed by atoms with van der Waals surface area (Å²) >= 11 is 0. The molecule has 0 atom stereocenters.